The summed E-state index contributed by atoms with van der Waals surface area (Å²) in [5.74, 6) is 2.10. The largest absolute Gasteiger partial charge is 0.493 e. The number of nitrogens with one attached hydrogen (secondary N) is 1. The van der Waals surface area contributed by atoms with Crippen LogP contribution in [0, 0.1) is 0 Å². The first-order valence-electron chi connectivity index (χ1n) is 9.82. The van der Waals surface area contributed by atoms with E-state index in [1.165, 1.54) is 5.56 Å². The van der Waals surface area contributed by atoms with Crippen molar-refractivity contribution in [3.05, 3.63) is 42.0 Å². The lowest BCUT2D eigenvalue weighted by Crippen LogP contribution is -2.26. The molecule has 1 aliphatic rings. The third kappa shape index (κ3) is 5.22. The lowest BCUT2D eigenvalue weighted by molar-refractivity contribution is 0.128. The average molecular weight is 474 g/mol. The molecule has 1 aliphatic heterocycles. The molecule has 0 saturated carbocycles. The molecule has 0 unspecified atom stereocenters. The lowest BCUT2D eigenvalue weighted by atomic mass is 9.90. The van der Waals surface area contributed by atoms with Crippen LogP contribution in [0.25, 0.3) is 22.4 Å². The van der Waals surface area contributed by atoms with E-state index in [2.05, 4.69) is 17.4 Å². The van der Waals surface area contributed by atoms with Gasteiger partial charge in [-0.15, -0.1) is 24.8 Å². The summed E-state index contributed by atoms with van der Waals surface area (Å²) in [6.07, 6.45) is -0.326. The van der Waals surface area contributed by atoms with Crippen molar-refractivity contribution in [3.63, 3.8) is 0 Å². The van der Waals surface area contributed by atoms with Crippen molar-refractivity contribution in [1.82, 2.24) is 14.9 Å². The molecule has 170 valence electrons. The molecule has 2 heterocycles. The van der Waals surface area contributed by atoms with Crippen molar-refractivity contribution in [1.29, 1.82) is 0 Å². The van der Waals surface area contributed by atoms with E-state index in [-0.39, 0.29) is 24.8 Å². The molecule has 3 aromatic rings. The van der Waals surface area contributed by atoms with Crippen molar-refractivity contribution in [2.45, 2.75) is 31.7 Å². The van der Waals surface area contributed by atoms with Crippen LogP contribution >= 0.6 is 24.8 Å². The molecule has 9 heteroatoms. The summed E-state index contributed by atoms with van der Waals surface area (Å²) in [5, 5.41) is 3.37. The summed E-state index contributed by atoms with van der Waals surface area (Å²) in [7, 11) is 3.11. The van der Waals surface area contributed by atoms with Gasteiger partial charge < -0.3 is 19.4 Å². The van der Waals surface area contributed by atoms with Gasteiger partial charge in [0, 0.05) is 5.56 Å². The fourth-order valence-electron chi connectivity index (χ4n) is 4.07. The number of benzene rings is 2. The zero-order valence-corrected chi connectivity index (χ0v) is 19.1. The number of hydrogen-bond donors (Lipinski definition) is 1. The molecule has 5 nitrogen and oxygen atoms in total. The molecule has 31 heavy (non-hydrogen) atoms. The standard InChI is InChI=1S/C22H25F2N3O2.2ClH/c1-28-19-6-4-16(12-20(19)29-2)22-26-17-11-15(14-7-9-25-10-8-14)3-5-18(17)27(22)13-21(23)24;;/h3-6,11-12,14,21,25H,7-10,13H2,1-2H3;2*1H. The maximum Gasteiger partial charge on any atom is 0.256 e. The van der Waals surface area contributed by atoms with Crippen LogP contribution < -0.4 is 14.8 Å². The van der Waals surface area contributed by atoms with Crippen LogP contribution in [-0.2, 0) is 6.54 Å². The van der Waals surface area contributed by atoms with E-state index in [0.717, 1.165) is 31.4 Å². The van der Waals surface area contributed by atoms with Gasteiger partial charge in [0.05, 0.1) is 31.8 Å². The molecule has 1 fully saturated rings. The quantitative estimate of drug-likeness (QED) is 0.527. The monoisotopic (exact) mass is 473 g/mol. The van der Waals surface area contributed by atoms with Gasteiger partial charge in [0.1, 0.15) is 5.82 Å². The summed E-state index contributed by atoms with van der Waals surface area (Å²) in [4.78, 5) is 4.74. The van der Waals surface area contributed by atoms with Crippen LogP contribution in [0.2, 0.25) is 0 Å². The zero-order chi connectivity index (χ0) is 20.4. The highest BCUT2D eigenvalue weighted by Gasteiger charge is 2.20. The van der Waals surface area contributed by atoms with E-state index in [1.807, 2.05) is 12.1 Å². The molecule has 0 aliphatic carbocycles. The van der Waals surface area contributed by atoms with Crippen LogP contribution in [0.4, 0.5) is 8.78 Å². The molecule has 0 bridgehead atoms. The van der Waals surface area contributed by atoms with E-state index in [1.54, 1.807) is 30.9 Å². The van der Waals surface area contributed by atoms with E-state index >= 15 is 0 Å². The Labute approximate surface area is 193 Å². The minimum absolute atomic E-state index is 0. The Kier molecular flexibility index (Phi) is 8.91. The molecule has 1 aromatic heterocycles. The Morgan fingerprint density at radius 1 is 1.03 bits per heavy atom. The summed E-state index contributed by atoms with van der Waals surface area (Å²) < 4.78 is 39.0. The number of ether oxygens (including phenoxy) is 2. The third-order valence-electron chi connectivity index (χ3n) is 5.55. The maximum atomic E-state index is 13.4. The number of halogens is 4. The summed E-state index contributed by atoms with van der Waals surface area (Å²) in [6, 6.07) is 11.4. The Morgan fingerprint density at radius 2 is 1.74 bits per heavy atom. The first kappa shape index (κ1) is 25.2. The fraction of sp³-hybridized carbons (Fsp3) is 0.409. The third-order valence-corrected chi connectivity index (χ3v) is 5.55. The second kappa shape index (κ2) is 11.0. The zero-order valence-electron chi connectivity index (χ0n) is 17.4. The lowest BCUT2D eigenvalue weighted by Gasteiger charge is -2.22. The van der Waals surface area contributed by atoms with E-state index in [0.29, 0.717) is 34.3 Å². The Bertz CT molecular complexity index is 1010. The number of methoxy groups -OCH3 is 2. The number of alkyl halides is 2. The smallest absolute Gasteiger partial charge is 0.256 e. The molecule has 0 spiro atoms. The first-order valence-corrected chi connectivity index (χ1v) is 9.82. The highest BCUT2D eigenvalue weighted by molar-refractivity contribution is 5.85. The topological polar surface area (TPSA) is 48.3 Å². The van der Waals surface area contributed by atoms with E-state index in [9.17, 15) is 8.78 Å². The molecular weight excluding hydrogens is 447 g/mol. The van der Waals surface area contributed by atoms with Gasteiger partial charge in [-0.05, 0) is 67.7 Å². The first-order chi connectivity index (χ1) is 14.1. The summed E-state index contributed by atoms with van der Waals surface area (Å²) in [6.45, 7) is 1.59. The Balaban J connectivity index is 0.00000171. The van der Waals surface area contributed by atoms with Crippen molar-refractivity contribution in [2.24, 2.45) is 0 Å². The van der Waals surface area contributed by atoms with Gasteiger partial charge in [0.15, 0.2) is 11.5 Å². The highest BCUT2D eigenvalue weighted by atomic mass is 35.5. The van der Waals surface area contributed by atoms with Crippen molar-refractivity contribution in [3.8, 4) is 22.9 Å². The normalized spacial score (nSPS) is 14.2. The van der Waals surface area contributed by atoms with Crippen LogP contribution in [0.3, 0.4) is 0 Å². The average Bonchev–Trinajstić information content (AvgIpc) is 3.10. The van der Waals surface area contributed by atoms with Crippen LogP contribution in [0.15, 0.2) is 36.4 Å². The molecule has 2 aromatic carbocycles. The van der Waals surface area contributed by atoms with Crippen molar-refractivity contribution >= 4 is 35.8 Å². The molecule has 1 saturated heterocycles. The van der Waals surface area contributed by atoms with Crippen molar-refractivity contribution in [2.75, 3.05) is 27.3 Å². The second-order valence-corrected chi connectivity index (χ2v) is 7.28. The van der Waals surface area contributed by atoms with Crippen molar-refractivity contribution < 1.29 is 18.3 Å². The molecule has 0 radical (unpaired) electrons. The molecular formula is C22H27Cl2F2N3O2. The van der Waals surface area contributed by atoms with Gasteiger partial charge in [-0.2, -0.15) is 0 Å². The number of hydrogen-bond acceptors (Lipinski definition) is 4. The van der Waals surface area contributed by atoms with Crippen LogP contribution in [0.1, 0.15) is 24.3 Å². The minimum atomic E-state index is -2.48. The number of piperidine rings is 1. The fourth-order valence-corrected chi connectivity index (χ4v) is 4.07. The van der Waals surface area contributed by atoms with Gasteiger partial charge in [0.25, 0.3) is 6.43 Å². The highest BCUT2D eigenvalue weighted by Crippen LogP contribution is 2.35. The van der Waals surface area contributed by atoms with E-state index < -0.39 is 13.0 Å². The predicted molar refractivity (Wildman–Crippen MR) is 124 cm³/mol. The minimum Gasteiger partial charge on any atom is -0.493 e. The maximum absolute atomic E-state index is 13.4. The number of imidazole rings is 1. The Hall–Kier alpha value is -2.09. The molecule has 0 atom stereocenters. The summed E-state index contributed by atoms with van der Waals surface area (Å²) in [5.41, 5.74) is 3.39. The number of nitrogens with zero attached hydrogens (tertiary/aromatic N) is 2. The Morgan fingerprint density at radius 3 is 2.39 bits per heavy atom. The van der Waals surface area contributed by atoms with E-state index in [4.69, 9.17) is 14.5 Å². The number of fused-ring (bicyclic) bond motifs is 1. The molecule has 1 N–H and O–H groups in total. The predicted octanol–water partition coefficient (Wildman–Crippen LogP) is 5.30. The molecule has 0 amide bonds. The van der Waals surface area contributed by atoms with Gasteiger partial charge in [0.2, 0.25) is 0 Å². The summed E-state index contributed by atoms with van der Waals surface area (Å²) >= 11 is 0. The van der Waals surface area contributed by atoms with Gasteiger partial charge in [-0.1, -0.05) is 6.07 Å². The van der Waals surface area contributed by atoms with Gasteiger partial charge in [-0.25, -0.2) is 13.8 Å². The van der Waals surface area contributed by atoms with Crippen LogP contribution in [-0.4, -0.2) is 43.3 Å². The molecule has 4 rings (SSSR count). The second-order valence-electron chi connectivity index (χ2n) is 7.28. The van der Waals surface area contributed by atoms with Crippen LogP contribution in [0.5, 0.6) is 11.5 Å². The number of rotatable bonds is 6. The number of aromatic nitrogens is 2. The SMILES string of the molecule is COc1ccc(-c2nc3cc(C4CCNCC4)ccc3n2CC(F)F)cc1OC.Cl.Cl. The van der Waals surface area contributed by atoms with Gasteiger partial charge in [-0.3, -0.25) is 0 Å². The van der Waals surface area contributed by atoms with Gasteiger partial charge >= 0.3 is 0 Å².